The number of rotatable bonds is 5. The van der Waals surface area contributed by atoms with Crippen molar-refractivity contribution < 1.29 is 9.59 Å². The minimum Gasteiger partial charge on any atom is -0.338 e. The maximum Gasteiger partial charge on any atom is 0.317 e. The zero-order chi connectivity index (χ0) is 16.1. The number of hydrogen-bond acceptors (Lipinski definition) is 2. The highest BCUT2D eigenvalue weighted by molar-refractivity contribution is 5.82. The minimum absolute atomic E-state index is 0.0905. The van der Waals surface area contributed by atoms with Gasteiger partial charge >= 0.3 is 6.03 Å². The van der Waals surface area contributed by atoms with E-state index in [1.165, 1.54) is 0 Å². The van der Waals surface area contributed by atoms with Gasteiger partial charge < -0.3 is 15.1 Å². The fraction of sp³-hybridized carbons (Fsp3) is 0.529. The van der Waals surface area contributed by atoms with Gasteiger partial charge in [0.05, 0.1) is 6.04 Å². The van der Waals surface area contributed by atoms with Crippen LogP contribution in [0, 0.1) is 0 Å². The van der Waals surface area contributed by atoms with Crippen molar-refractivity contribution in [3.8, 4) is 0 Å². The molecule has 1 aliphatic rings. The zero-order valence-corrected chi connectivity index (χ0v) is 13.6. The Morgan fingerprint density at radius 1 is 1.36 bits per heavy atom. The third-order valence-corrected chi connectivity index (χ3v) is 3.99. The molecule has 1 aromatic carbocycles. The Kier molecular flexibility index (Phi) is 5.41. The lowest BCUT2D eigenvalue weighted by molar-refractivity contribution is -0.129. The standard InChI is InChI=1S/C17H25N3O2/c1-4-19(11-14-8-6-5-7-9-14)17(22)18-15-10-16(21)20(12-15)13(2)3/h5-9,13,15H,4,10-12H2,1-3H3,(H,18,22). The maximum absolute atomic E-state index is 12.4. The largest absolute Gasteiger partial charge is 0.338 e. The van der Waals surface area contributed by atoms with Crippen molar-refractivity contribution in [2.24, 2.45) is 0 Å². The molecule has 3 amide bonds. The summed E-state index contributed by atoms with van der Waals surface area (Å²) in [5, 5.41) is 2.99. The summed E-state index contributed by atoms with van der Waals surface area (Å²) >= 11 is 0. The molecule has 1 aromatic rings. The Hall–Kier alpha value is -2.04. The molecule has 2 rings (SSSR count). The van der Waals surface area contributed by atoms with E-state index in [4.69, 9.17) is 0 Å². The third-order valence-electron chi connectivity index (χ3n) is 3.99. The van der Waals surface area contributed by atoms with E-state index in [-0.39, 0.29) is 24.0 Å². The minimum atomic E-state index is -0.102. The number of nitrogens with zero attached hydrogens (tertiary/aromatic N) is 2. The van der Waals surface area contributed by atoms with Crippen molar-refractivity contribution in [3.05, 3.63) is 35.9 Å². The van der Waals surface area contributed by atoms with E-state index < -0.39 is 0 Å². The summed E-state index contributed by atoms with van der Waals surface area (Å²) in [6.45, 7) is 7.77. The topological polar surface area (TPSA) is 52.7 Å². The number of nitrogens with one attached hydrogen (secondary N) is 1. The molecule has 0 bridgehead atoms. The monoisotopic (exact) mass is 303 g/mol. The van der Waals surface area contributed by atoms with Gasteiger partial charge in [-0.15, -0.1) is 0 Å². The first-order valence-corrected chi connectivity index (χ1v) is 7.90. The normalized spacial score (nSPS) is 17.9. The van der Waals surface area contributed by atoms with E-state index in [2.05, 4.69) is 5.32 Å². The van der Waals surface area contributed by atoms with Crippen LogP contribution in [0.5, 0.6) is 0 Å². The van der Waals surface area contributed by atoms with E-state index in [0.717, 1.165) is 5.56 Å². The molecule has 22 heavy (non-hydrogen) atoms. The quantitative estimate of drug-likeness (QED) is 0.907. The highest BCUT2D eigenvalue weighted by atomic mass is 16.2. The number of amides is 3. The second-order valence-corrected chi connectivity index (χ2v) is 5.99. The SMILES string of the molecule is CCN(Cc1ccccc1)C(=O)NC1CC(=O)N(C(C)C)C1. The summed E-state index contributed by atoms with van der Waals surface area (Å²) in [6.07, 6.45) is 0.396. The maximum atomic E-state index is 12.4. The van der Waals surface area contributed by atoms with Crippen LogP contribution in [-0.4, -0.2) is 46.9 Å². The lowest BCUT2D eigenvalue weighted by atomic mass is 10.2. The first kappa shape index (κ1) is 16.3. The van der Waals surface area contributed by atoms with Crippen LogP contribution in [0.25, 0.3) is 0 Å². The number of hydrogen-bond donors (Lipinski definition) is 1. The highest BCUT2D eigenvalue weighted by Gasteiger charge is 2.32. The van der Waals surface area contributed by atoms with Crippen LogP contribution < -0.4 is 5.32 Å². The van der Waals surface area contributed by atoms with E-state index >= 15 is 0 Å². The van der Waals surface area contributed by atoms with Crippen LogP contribution in [-0.2, 0) is 11.3 Å². The predicted octanol–water partition coefficient (Wildman–Crippen LogP) is 2.23. The summed E-state index contributed by atoms with van der Waals surface area (Å²) in [6, 6.07) is 9.91. The summed E-state index contributed by atoms with van der Waals surface area (Å²) in [5.74, 6) is 0.117. The molecular weight excluding hydrogens is 278 g/mol. The Labute approximate surface area is 132 Å². The van der Waals surface area contributed by atoms with Gasteiger partial charge in [0.1, 0.15) is 0 Å². The first-order chi connectivity index (χ1) is 10.5. The van der Waals surface area contributed by atoms with Crippen molar-refractivity contribution in [1.29, 1.82) is 0 Å². The van der Waals surface area contributed by atoms with Crippen molar-refractivity contribution in [3.63, 3.8) is 0 Å². The molecule has 0 radical (unpaired) electrons. The molecule has 1 aliphatic heterocycles. The fourth-order valence-corrected chi connectivity index (χ4v) is 2.72. The van der Waals surface area contributed by atoms with Crippen molar-refractivity contribution in [2.75, 3.05) is 13.1 Å². The molecule has 1 saturated heterocycles. The Morgan fingerprint density at radius 3 is 2.59 bits per heavy atom. The van der Waals surface area contributed by atoms with Gasteiger partial charge in [-0.3, -0.25) is 4.79 Å². The summed E-state index contributed by atoms with van der Waals surface area (Å²) in [4.78, 5) is 27.9. The predicted molar refractivity (Wildman–Crippen MR) is 86.3 cm³/mol. The van der Waals surface area contributed by atoms with Crippen LogP contribution in [0.3, 0.4) is 0 Å². The van der Waals surface area contributed by atoms with Gasteiger partial charge in [0, 0.05) is 32.1 Å². The van der Waals surface area contributed by atoms with E-state index in [1.807, 2.05) is 56.0 Å². The van der Waals surface area contributed by atoms with Crippen LogP contribution in [0.1, 0.15) is 32.8 Å². The van der Waals surface area contributed by atoms with Crippen molar-refractivity contribution in [2.45, 2.75) is 45.8 Å². The first-order valence-electron chi connectivity index (χ1n) is 7.90. The van der Waals surface area contributed by atoms with Crippen LogP contribution in [0.15, 0.2) is 30.3 Å². The molecule has 1 unspecified atom stereocenters. The van der Waals surface area contributed by atoms with Gasteiger partial charge in [0.2, 0.25) is 5.91 Å². The van der Waals surface area contributed by atoms with E-state index in [1.54, 1.807) is 4.90 Å². The number of likely N-dealkylation sites (tertiary alicyclic amines) is 1. The van der Waals surface area contributed by atoms with Gasteiger partial charge in [-0.05, 0) is 26.3 Å². The molecule has 0 spiro atoms. The van der Waals surface area contributed by atoms with Crippen molar-refractivity contribution >= 4 is 11.9 Å². The van der Waals surface area contributed by atoms with E-state index in [9.17, 15) is 9.59 Å². The molecule has 0 saturated carbocycles. The van der Waals surface area contributed by atoms with Crippen molar-refractivity contribution in [1.82, 2.24) is 15.1 Å². The summed E-state index contributed by atoms with van der Waals surface area (Å²) < 4.78 is 0. The van der Waals surface area contributed by atoms with Gasteiger partial charge in [-0.25, -0.2) is 4.79 Å². The second kappa shape index (κ2) is 7.29. The summed E-state index contributed by atoms with van der Waals surface area (Å²) in [7, 11) is 0. The van der Waals surface area contributed by atoms with Gasteiger partial charge in [-0.1, -0.05) is 30.3 Å². The highest BCUT2D eigenvalue weighted by Crippen LogP contribution is 2.15. The second-order valence-electron chi connectivity index (χ2n) is 5.99. The molecule has 1 N–H and O–H groups in total. The van der Waals surface area contributed by atoms with Crippen LogP contribution in [0.2, 0.25) is 0 Å². The smallest absolute Gasteiger partial charge is 0.317 e. The molecule has 120 valence electrons. The van der Waals surface area contributed by atoms with Crippen LogP contribution >= 0.6 is 0 Å². The van der Waals surface area contributed by atoms with Gasteiger partial charge in [-0.2, -0.15) is 0 Å². The average molecular weight is 303 g/mol. The Bertz CT molecular complexity index is 516. The Morgan fingerprint density at radius 2 is 2.05 bits per heavy atom. The molecule has 0 aliphatic carbocycles. The lowest BCUT2D eigenvalue weighted by Crippen LogP contribution is -2.45. The number of benzene rings is 1. The average Bonchev–Trinajstić information content (AvgIpc) is 2.86. The molecule has 1 heterocycles. The molecule has 5 heteroatoms. The summed E-state index contributed by atoms with van der Waals surface area (Å²) in [5.41, 5.74) is 1.10. The van der Waals surface area contributed by atoms with Gasteiger partial charge in [0.25, 0.3) is 0 Å². The molecule has 5 nitrogen and oxygen atoms in total. The number of carbonyl (C=O) groups is 2. The van der Waals surface area contributed by atoms with Gasteiger partial charge in [0.15, 0.2) is 0 Å². The number of carbonyl (C=O) groups excluding carboxylic acids is 2. The zero-order valence-electron chi connectivity index (χ0n) is 13.6. The lowest BCUT2D eigenvalue weighted by Gasteiger charge is -2.25. The fourth-order valence-electron chi connectivity index (χ4n) is 2.72. The number of urea groups is 1. The third kappa shape index (κ3) is 4.00. The molecule has 1 atom stereocenters. The Balaban J connectivity index is 1.91. The van der Waals surface area contributed by atoms with E-state index in [0.29, 0.717) is 26.1 Å². The molecule has 0 aromatic heterocycles. The molecular formula is C17H25N3O2. The molecule has 1 fully saturated rings. The van der Waals surface area contributed by atoms with Crippen LogP contribution in [0.4, 0.5) is 4.79 Å².